The van der Waals surface area contributed by atoms with Crippen molar-refractivity contribution in [1.29, 1.82) is 0 Å². The van der Waals surface area contributed by atoms with E-state index in [1.807, 2.05) is 13.8 Å². The van der Waals surface area contributed by atoms with Gasteiger partial charge in [-0.15, -0.1) is 0 Å². The average molecular weight is 273 g/mol. The van der Waals surface area contributed by atoms with E-state index in [-0.39, 0.29) is 6.04 Å². The normalized spacial score (nSPS) is 18.9. The van der Waals surface area contributed by atoms with Crippen LogP contribution in [0.15, 0.2) is 28.8 Å². The predicted octanol–water partition coefficient (Wildman–Crippen LogP) is 2.34. The van der Waals surface area contributed by atoms with Gasteiger partial charge in [-0.25, -0.2) is 0 Å². The van der Waals surface area contributed by atoms with E-state index in [2.05, 4.69) is 39.7 Å². The highest BCUT2D eigenvalue weighted by Gasteiger charge is 2.29. The molecule has 0 aliphatic carbocycles. The molecule has 1 aliphatic rings. The van der Waals surface area contributed by atoms with Gasteiger partial charge in [0.25, 0.3) is 0 Å². The molecule has 0 saturated heterocycles. The van der Waals surface area contributed by atoms with Crippen molar-refractivity contribution in [1.82, 2.24) is 15.5 Å². The monoisotopic (exact) mass is 273 g/mol. The molecule has 2 aromatic rings. The second-order valence-corrected chi connectivity index (χ2v) is 5.58. The van der Waals surface area contributed by atoms with Crippen molar-refractivity contribution in [2.24, 2.45) is 0 Å². The van der Waals surface area contributed by atoms with E-state index in [4.69, 9.17) is 9.26 Å². The predicted molar refractivity (Wildman–Crippen MR) is 74.1 cm³/mol. The van der Waals surface area contributed by atoms with Crippen molar-refractivity contribution in [3.8, 4) is 0 Å². The van der Waals surface area contributed by atoms with Crippen LogP contribution in [-0.4, -0.2) is 17.3 Å². The second kappa shape index (κ2) is 5.00. The van der Waals surface area contributed by atoms with Gasteiger partial charge in [0, 0.05) is 13.7 Å². The van der Waals surface area contributed by atoms with E-state index < -0.39 is 5.60 Å². The molecule has 106 valence electrons. The molecule has 20 heavy (non-hydrogen) atoms. The minimum absolute atomic E-state index is 0.0683. The van der Waals surface area contributed by atoms with Crippen LogP contribution in [0.1, 0.15) is 42.7 Å². The van der Waals surface area contributed by atoms with Gasteiger partial charge in [-0.2, -0.15) is 4.98 Å². The van der Waals surface area contributed by atoms with Crippen molar-refractivity contribution < 1.29 is 9.26 Å². The number of aromatic nitrogens is 2. The lowest BCUT2D eigenvalue weighted by Crippen LogP contribution is -2.29. The fourth-order valence-corrected chi connectivity index (χ4v) is 2.34. The lowest BCUT2D eigenvalue weighted by molar-refractivity contribution is 0.00973. The first-order valence-electron chi connectivity index (χ1n) is 6.79. The molecule has 0 unspecified atom stereocenters. The van der Waals surface area contributed by atoms with Gasteiger partial charge in [0.2, 0.25) is 11.7 Å². The number of nitrogens with one attached hydrogen (secondary N) is 1. The molecule has 2 heterocycles. The minimum Gasteiger partial charge on any atom is -0.371 e. The summed E-state index contributed by atoms with van der Waals surface area (Å²) in [7, 11) is 1.64. The summed E-state index contributed by atoms with van der Waals surface area (Å²) >= 11 is 0. The molecule has 1 aromatic carbocycles. The van der Waals surface area contributed by atoms with Gasteiger partial charge in [0.1, 0.15) is 5.60 Å². The van der Waals surface area contributed by atoms with Crippen molar-refractivity contribution in [3.05, 3.63) is 47.1 Å². The topological polar surface area (TPSA) is 60.2 Å². The molecule has 0 saturated carbocycles. The molecule has 1 aliphatic heterocycles. The van der Waals surface area contributed by atoms with Crippen LogP contribution in [0.2, 0.25) is 0 Å². The maximum atomic E-state index is 5.40. The Labute approximate surface area is 118 Å². The van der Waals surface area contributed by atoms with Crippen LogP contribution in [0.25, 0.3) is 0 Å². The third kappa shape index (κ3) is 2.34. The zero-order chi connectivity index (χ0) is 14.2. The Morgan fingerprint density at radius 3 is 2.80 bits per heavy atom. The maximum absolute atomic E-state index is 5.40. The molecule has 0 radical (unpaired) electrons. The van der Waals surface area contributed by atoms with E-state index in [0.717, 1.165) is 13.0 Å². The number of rotatable bonds is 3. The van der Waals surface area contributed by atoms with Crippen LogP contribution in [0, 0.1) is 0 Å². The summed E-state index contributed by atoms with van der Waals surface area (Å²) < 4.78 is 10.8. The molecule has 1 atom stereocenters. The van der Waals surface area contributed by atoms with Crippen LogP contribution in [0.5, 0.6) is 0 Å². The molecule has 0 spiro atoms. The van der Waals surface area contributed by atoms with Gasteiger partial charge >= 0.3 is 0 Å². The summed E-state index contributed by atoms with van der Waals surface area (Å²) in [6, 6.07) is 8.49. The Kier molecular flexibility index (Phi) is 3.31. The summed E-state index contributed by atoms with van der Waals surface area (Å²) in [6.07, 6.45) is 0.866. The maximum Gasteiger partial charge on any atom is 0.244 e. The lowest BCUT2D eigenvalue weighted by Gasteiger charge is -2.23. The number of benzene rings is 1. The summed E-state index contributed by atoms with van der Waals surface area (Å²) in [4.78, 5) is 4.48. The zero-order valence-electron chi connectivity index (χ0n) is 12.0. The van der Waals surface area contributed by atoms with Gasteiger partial charge in [0.15, 0.2) is 0 Å². The molecule has 5 nitrogen and oxygen atoms in total. The minimum atomic E-state index is -0.533. The van der Waals surface area contributed by atoms with E-state index >= 15 is 0 Å². The Bertz CT molecular complexity index is 607. The highest BCUT2D eigenvalue weighted by atomic mass is 16.5. The van der Waals surface area contributed by atoms with E-state index in [1.165, 1.54) is 11.1 Å². The lowest BCUT2D eigenvalue weighted by atomic mass is 9.96. The van der Waals surface area contributed by atoms with Crippen LogP contribution in [0.4, 0.5) is 0 Å². The fourth-order valence-electron chi connectivity index (χ4n) is 2.34. The Hall–Kier alpha value is -1.72. The average Bonchev–Trinajstić information content (AvgIpc) is 2.97. The Balaban J connectivity index is 1.82. The number of ether oxygens (including phenoxy) is 1. The Morgan fingerprint density at radius 2 is 2.05 bits per heavy atom. The van der Waals surface area contributed by atoms with E-state index in [9.17, 15) is 0 Å². The van der Waals surface area contributed by atoms with Crippen LogP contribution in [0.3, 0.4) is 0 Å². The third-order valence-corrected chi connectivity index (χ3v) is 3.87. The number of hydrogen-bond donors (Lipinski definition) is 1. The van der Waals surface area contributed by atoms with Gasteiger partial charge in [-0.05, 0) is 31.4 Å². The van der Waals surface area contributed by atoms with Crippen molar-refractivity contribution >= 4 is 0 Å². The van der Waals surface area contributed by atoms with Gasteiger partial charge in [-0.1, -0.05) is 29.4 Å². The molecule has 1 aromatic heterocycles. The van der Waals surface area contributed by atoms with Gasteiger partial charge in [0.05, 0.1) is 6.04 Å². The summed E-state index contributed by atoms with van der Waals surface area (Å²) in [5.74, 6) is 1.20. The quantitative estimate of drug-likeness (QED) is 0.930. The first kappa shape index (κ1) is 13.3. The molecule has 1 N–H and O–H groups in total. The van der Waals surface area contributed by atoms with E-state index in [1.54, 1.807) is 7.11 Å². The zero-order valence-corrected chi connectivity index (χ0v) is 12.0. The first-order valence-corrected chi connectivity index (χ1v) is 6.79. The molecule has 0 bridgehead atoms. The van der Waals surface area contributed by atoms with Gasteiger partial charge in [-0.3, -0.25) is 0 Å². The highest BCUT2D eigenvalue weighted by Crippen LogP contribution is 2.27. The van der Waals surface area contributed by atoms with Gasteiger partial charge < -0.3 is 14.6 Å². The molecule has 3 rings (SSSR count). The molecule has 0 fully saturated rings. The standard InChI is InChI=1S/C15H19N3O2/c1-15(2,19-3)14-17-13(20-18-14)12-8-10-6-4-5-7-11(10)9-16-12/h4-7,12,16H,8-9H2,1-3H3/t12-/m1/s1. The second-order valence-electron chi connectivity index (χ2n) is 5.58. The van der Waals surface area contributed by atoms with Crippen LogP contribution < -0.4 is 5.32 Å². The fraction of sp³-hybridized carbons (Fsp3) is 0.467. The number of fused-ring (bicyclic) bond motifs is 1. The molecular weight excluding hydrogens is 254 g/mol. The van der Waals surface area contributed by atoms with Crippen LogP contribution in [-0.2, 0) is 23.3 Å². The summed E-state index contributed by atoms with van der Waals surface area (Å²) in [5.41, 5.74) is 2.14. The van der Waals surface area contributed by atoms with Crippen molar-refractivity contribution in [2.45, 2.75) is 38.5 Å². The number of nitrogens with zero attached hydrogens (tertiary/aromatic N) is 2. The van der Waals surface area contributed by atoms with Crippen LogP contribution >= 0.6 is 0 Å². The smallest absolute Gasteiger partial charge is 0.244 e. The SMILES string of the molecule is COC(C)(C)c1noc([C@H]2Cc3ccccc3CN2)n1. The largest absolute Gasteiger partial charge is 0.371 e. The summed E-state index contributed by atoms with van der Waals surface area (Å²) in [5, 5.41) is 7.48. The number of hydrogen-bond acceptors (Lipinski definition) is 5. The third-order valence-electron chi connectivity index (χ3n) is 3.87. The highest BCUT2D eigenvalue weighted by molar-refractivity contribution is 5.30. The van der Waals surface area contributed by atoms with E-state index in [0.29, 0.717) is 11.7 Å². The summed E-state index contributed by atoms with van der Waals surface area (Å²) in [6.45, 7) is 4.67. The van der Waals surface area contributed by atoms with Crippen molar-refractivity contribution in [2.75, 3.05) is 7.11 Å². The van der Waals surface area contributed by atoms with Crippen molar-refractivity contribution in [3.63, 3.8) is 0 Å². The molecule has 5 heteroatoms. The molecule has 0 amide bonds. The number of methoxy groups -OCH3 is 1. The Morgan fingerprint density at radius 1 is 1.30 bits per heavy atom. The molecular formula is C15H19N3O2. The first-order chi connectivity index (χ1) is 9.60.